The predicted molar refractivity (Wildman–Crippen MR) is 112 cm³/mol. The van der Waals surface area contributed by atoms with Crippen molar-refractivity contribution < 1.29 is 0 Å². The summed E-state index contributed by atoms with van der Waals surface area (Å²) < 4.78 is 1.90. The number of hydrogen-bond donors (Lipinski definition) is 0. The van der Waals surface area contributed by atoms with Crippen LogP contribution in [0.15, 0.2) is 102 Å². The smallest absolute Gasteiger partial charge is 0.178 e. The molecule has 28 heavy (non-hydrogen) atoms. The molecule has 0 N–H and O–H groups in total. The van der Waals surface area contributed by atoms with E-state index in [1.54, 1.807) is 0 Å². The fraction of sp³-hybridized carbons (Fsp3) is 0.0417. The fourth-order valence-corrected chi connectivity index (χ4v) is 3.32. The molecule has 0 saturated heterocycles. The van der Waals surface area contributed by atoms with Crippen LogP contribution in [-0.2, 0) is 6.54 Å². The molecule has 4 nitrogen and oxygen atoms in total. The van der Waals surface area contributed by atoms with Crippen LogP contribution in [0.3, 0.4) is 0 Å². The number of pyridine rings is 1. The van der Waals surface area contributed by atoms with Crippen LogP contribution in [-0.4, -0.2) is 14.6 Å². The van der Waals surface area contributed by atoms with Crippen LogP contribution in [0, 0.1) is 0 Å². The molecule has 0 aliphatic rings. The van der Waals surface area contributed by atoms with Gasteiger partial charge in [0.15, 0.2) is 11.1 Å². The molecule has 0 aliphatic heterocycles. The van der Waals surface area contributed by atoms with Gasteiger partial charge in [0, 0.05) is 10.9 Å². The Balaban J connectivity index is 1.77. The maximum atomic E-state index is 4.95. The second-order valence-corrected chi connectivity index (χ2v) is 6.61. The van der Waals surface area contributed by atoms with Gasteiger partial charge in [-0.1, -0.05) is 78.9 Å². The topological polar surface area (TPSA) is 42.5 Å². The molecule has 134 valence electrons. The van der Waals surface area contributed by atoms with Crippen LogP contribution < -0.4 is 5.49 Å². The first-order valence-corrected chi connectivity index (χ1v) is 9.27. The Bertz CT molecular complexity index is 1320. The lowest BCUT2D eigenvalue weighted by Gasteiger charge is -2.08. The van der Waals surface area contributed by atoms with Crippen molar-refractivity contribution in [2.75, 3.05) is 0 Å². The minimum atomic E-state index is 0.569. The summed E-state index contributed by atoms with van der Waals surface area (Å²) in [7, 11) is 0. The molecule has 0 fully saturated rings. The van der Waals surface area contributed by atoms with E-state index in [2.05, 4.69) is 30.3 Å². The van der Waals surface area contributed by atoms with Crippen LogP contribution in [0.5, 0.6) is 0 Å². The van der Waals surface area contributed by atoms with Crippen molar-refractivity contribution in [1.82, 2.24) is 14.6 Å². The lowest BCUT2D eigenvalue weighted by molar-refractivity contribution is 0.879. The molecular weight excluding hydrogens is 344 g/mol. The zero-order valence-electron chi connectivity index (χ0n) is 15.2. The summed E-state index contributed by atoms with van der Waals surface area (Å²) >= 11 is 0. The number of rotatable bonds is 3. The zero-order chi connectivity index (χ0) is 18.8. The number of hydrogen-bond acceptors (Lipinski definition) is 3. The second-order valence-electron chi connectivity index (χ2n) is 6.61. The van der Waals surface area contributed by atoms with Gasteiger partial charge < -0.3 is 0 Å². The SMILES string of the molecule is c1ccc(CN=c2nc3ccc4ccccc4n3nc2-c2ccccc2)cc1. The van der Waals surface area contributed by atoms with Gasteiger partial charge in [0.05, 0.1) is 12.1 Å². The molecule has 0 unspecified atom stereocenters. The monoisotopic (exact) mass is 362 g/mol. The van der Waals surface area contributed by atoms with Gasteiger partial charge in [-0.3, -0.25) is 4.99 Å². The molecule has 0 saturated carbocycles. The normalized spacial score (nSPS) is 11.9. The van der Waals surface area contributed by atoms with Crippen LogP contribution in [0.1, 0.15) is 5.56 Å². The van der Waals surface area contributed by atoms with Crippen LogP contribution in [0.2, 0.25) is 0 Å². The predicted octanol–water partition coefficient (Wildman–Crippen LogP) is 4.65. The first kappa shape index (κ1) is 16.4. The van der Waals surface area contributed by atoms with Crippen molar-refractivity contribution in [3.8, 4) is 11.3 Å². The van der Waals surface area contributed by atoms with E-state index in [1.807, 2.05) is 71.2 Å². The summed E-state index contributed by atoms with van der Waals surface area (Å²) in [6, 6.07) is 32.6. The molecule has 4 heteroatoms. The molecular formula is C24H18N4. The minimum absolute atomic E-state index is 0.569. The van der Waals surface area contributed by atoms with Crippen LogP contribution in [0.4, 0.5) is 0 Å². The standard InChI is InChI=1S/C24H18N4/c1-3-9-18(10-4-1)17-25-24-23(20-12-5-2-6-13-20)27-28-21-14-8-7-11-19(21)15-16-22(28)26-24/h1-16H,17H2. The Hall–Kier alpha value is -3.79. The van der Waals surface area contributed by atoms with Crippen molar-refractivity contribution in [1.29, 1.82) is 0 Å². The fourth-order valence-electron chi connectivity index (χ4n) is 3.32. The van der Waals surface area contributed by atoms with Gasteiger partial charge in [-0.2, -0.15) is 5.10 Å². The molecule has 2 heterocycles. The van der Waals surface area contributed by atoms with Crippen molar-refractivity contribution >= 4 is 16.6 Å². The maximum Gasteiger partial charge on any atom is 0.178 e. The molecule has 2 aromatic heterocycles. The number of nitrogens with zero attached hydrogens (tertiary/aromatic N) is 4. The largest absolute Gasteiger partial charge is 0.260 e. The quantitative estimate of drug-likeness (QED) is 0.439. The molecule has 3 aromatic carbocycles. The average Bonchev–Trinajstić information content (AvgIpc) is 2.78. The number of fused-ring (bicyclic) bond motifs is 3. The van der Waals surface area contributed by atoms with Crippen LogP contribution in [0.25, 0.3) is 27.8 Å². The first-order valence-electron chi connectivity index (χ1n) is 9.27. The summed E-state index contributed by atoms with van der Waals surface area (Å²) in [6.45, 7) is 0.569. The molecule has 0 atom stereocenters. The Labute approximate surface area is 162 Å². The highest BCUT2D eigenvalue weighted by molar-refractivity contribution is 5.81. The van der Waals surface area contributed by atoms with Gasteiger partial charge >= 0.3 is 0 Å². The Morgan fingerprint density at radius 3 is 2.25 bits per heavy atom. The van der Waals surface area contributed by atoms with Crippen molar-refractivity contribution in [2.24, 2.45) is 4.99 Å². The van der Waals surface area contributed by atoms with E-state index in [1.165, 1.54) is 0 Å². The van der Waals surface area contributed by atoms with E-state index >= 15 is 0 Å². The van der Waals surface area contributed by atoms with E-state index in [0.717, 1.165) is 33.4 Å². The number of benzene rings is 3. The average molecular weight is 362 g/mol. The molecule has 0 bridgehead atoms. The van der Waals surface area contributed by atoms with Gasteiger partial charge in [-0.05, 0) is 23.8 Å². The van der Waals surface area contributed by atoms with Gasteiger partial charge in [0.25, 0.3) is 0 Å². The third kappa shape index (κ3) is 3.05. The molecule has 0 spiro atoms. The van der Waals surface area contributed by atoms with Crippen molar-refractivity contribution in [3.63, 3.8) is 0 Å². The van der Waals surface area contributed by atoms with E-state index in [-0.39, 0.29) is 0 Å². The number of aromatic nitrogens is 3. The highest BCUT2D eigenvalue weighted by atomic mass is 15.3. The summed E-state index contributed by atoms with van der Waals surface area (Å²) in [5.74, 6) is 0. The maximum absolute atomic E-state index is 4.95. The first-order chi connectivity index (χ1) is 13.9. The van der Waals surface area contributed by atoms with Gasteiger partial charge in [-0.25, -0.2) is 9.50 Å². The molecule has 5 aromatic rings. The van der Waals surface area contributed by atoms with Crippen LogP contribution >= 0.6 is 0 Å². The van der Waals surface area contributed by atoms with Crippen molar-refractivity contribution in [3.05, 3.63) is 108 Å². The lowest BCUT2D eigenvalue weighted by atomic mass is 10.1. The molecule has 0 amide bonds. The van der Waals surface area contributed by atoms with Gasteiger partial charge in [0.1, 0.15) is 5.69 Å². The summed E-state index contributed by atoms with van der Waals surface area (Å²) in [5.41, 5.74) is 5.40. The summed E-state index contributed by atoms with van der Waals surface area (Å²) in [6.07, 6.45) is 0. The zero-order valence-corrected chi connectivity index (χ0v) is 15.2. The van der Waals surface area contributed by atoms with E-state index in [9.17, 15) is 0 Å². The number of para-hydroxylation sites is 1. The summed E-state index contributed by atoms with van der Waals surface area (Å²) in [5, 5.41) is 6.07. The van der Waals surface area contributed by atoms with Crippen molar-refractivity contribution in [2.45, 2.75) is 6.54 Å². The van der Waals surface area contributed by atoms with Gasteiger partial charge in [-0.15, -0.1) is 0 Å². The Kier molecular flexibility index (Phi) is 4.14. The Morgan fingerprint density at radius 1 is 0.714 bits per heavy atom. The third-order valence-corrected chi connectivity index (χ3v) is 4.73. The second kappa shape index (κ2) is 7.08. The Morgan fingerprint density at radius 2 is 1.43 bits per heavy atom. The van der Waals surface area contributed by atoms with Gasteiger partial charge in [0.2, 0.25) is 0 Å². The third-order valence-electron chi connectivity index (χ3n) is 4.73. The van der Waals surface area contributed by atoms with E-state index in [4.69, 9.17) is 15.1 Å². The lowest BCUT2D eigenvalue weighted by Crippen LogP contribution is -2.18. The molecule has 5 rings (SSSR count). The highest BCUT2D eigenvalue weighted by Crippen LogP contribution is 2.17. The summed E-state index contributed by atoms with van der Waals surface area (Å²) in [4.78, 5) is 9.65. The molecule has 0 radical (unpaired) electrons. The highest BCUT2D eigenvalue weighted by Gasteiger charge is 2.09. The van der Waals surface area contributed by atoms with E-state index < -0.39 is 0 Å². The van der Waals surface area contributed by atoms with E-state index in [0.29, 0.717) is 12.0 Å². The molecule has 0 aliphatic carbocycles. The minimum Gasteiger partial charge on any atom is -0.260 e.